The zero-order chi connectivity index (χ0) is 20.9. The molecular formula is C13H14F3N5O6. The minimum Gasteiger partial charge on any atom is -0.480 e. The molecule has 0 saturated heterocycles. The van der Waals surface area contributed by atoms with Crippen LogP contribution in [0.15, 0.2) is 15.0 Å². The van der Waals surface area contributed by atoms with Crippen LogP contribution in [-0.4, -0.2) is 75.8 Å². The van der Waals surface area contributed by atoms with Crippen molar-refractivity contribution in [2.24, 2.45) is 20.9 Å². The van der Waals surface area contributed by atoms with Gasteiger partial charge in [0.1, 0.15) is 12.4 Å². The van der Waals surface area contributed by atoms with Gasteiger partial charge in [0.05, 0.1) is 6.34 Å². The van der Waals surface area contributed by atoms with Gasteiger partial charge in [0.15, 0.2) is 6.04 Å². The Hall–Kier alpha value is -3.32. The molecule has 0 spiro atoms. The molecule has 1 unspecified atom stereocenters. The quantitative estimate of drug-likeness (QED) is 0.581. The molecule has 11 nitrogen and oxygen atoms in total. The summed E-state index contributed by atoms with van der Waals surface area (Å²) in [5, 5.41) is 18.3. The summed E-state index contributed by atoms with van der Waals surface area (Å²) in [5.74, 6) is -5.06. The number of aliphatic carboxylic acids is 2. The zero-order valence-corrected chi connectivity index (χ0v) is 13.9. The number of nitrogens with one attached hydrogen (secondary N) is 1. The predicted molar refractivity (Wildman–Crippen MR) is 83.2 cm³/mol. The van der Waals surface area contributed by atoms with Crippen molar-refractivity contribution in [1.82, 2.24) is 10.2 Å². The number of halogens is 3. The molecule has 2 aliphatic rings. The molecule has 0 bridgehead atoms. The molecule has 0 aromatic rings. The lowest BCUT2D eigenvalue weighted by molar-refractivity contribution is -0.192. The molecule has 0 radical (unpaired) electrons. The molecule has 1 atom stereocenters. The van der Waals surface area contributed by atoms with Gasteiger partial charge < -0.3 is 15.1 Å². The number of hydrogen-bond acceptors (Lipinski definition) is 6. The van der Waals surface area contributed by atoms with Crippen molar-refractivity contribution in [2.45, 2.75) is 26.1 Å². The van der Waals surface area contributed by atoms with E-state index in [0.29, 0.717) is 0 Å². The number of nitrogens with zero attached hydrogens (tertiary/aromatic N) is 4. The monoisotopic (exact) mass is 393 g/mol. The fourth-order valence-electron chi connectivity index (χ4n) is 1.61. The Morgan fingerprint density at radius 2 is 1.89 bits per heavy atom. The number of carbonyl (C=O) groups is 4. The molecule has 148 valence electrons. The summed E-state index contributed by atoms with van der Waals surface area (Å²) in [5.41, 5.74) is 0. The lowest BCUT2D eigenvalue weighted by Crippen LogP contribution is -2.49. The molecular weight excluding hydrogens is 379 g/mol. The molecule has 0 saturated carbocycles. The van der Waals surface area contributed by atoms with Crippen molar-refractivity contribution in [3.8, 4) is 0 Å². The third-order valence-corrected chi connectivity index (χ3v) is 2.86. The van der Waals surface area contributed by atoms with E-state index in [1.165, 1.54) is 11.2 Å². The maximum Gasteiger partial charge on any atom is 0.490 e. The van der Waals surface area contributed by atoms with E-state index >= 15 is 0 Å². The van der Waals surface area contributed by atoms with Crippen molar-refractivity contribution in [2.75, 3.05) is 6.54 Å². The third kappa shape index (κ3) is 6.16. The topological polar surface area (TPSA) is 161 Å². The maximum atomic E-state index is 11.8. The van der Waals surface area contributed by atoms with Gasteiger partial charge in [-0.2, -0.15) is 23.2 Å². The minimum atomic E-state index is -5.08. The Labute approximate surface area is 149 Å². The largest absolute Gasteiger partial charge is 0.490 e. The molecule has 27 heavy (non-hydrogen) atoms. The van der Waals surface area contributed by atoms with Crippen LogP contribution < -0.4 is 5.32 Å². The highest BCUT2D eigenvalue weighted by Crippen LogP contribution is 2.13. The molecule has 0 aromatic heterocycles. The molecule has 3 N–H and O–H groups in total. The third-order valence-electron chi connectivity index (χ3n) is 2.86. The Balaban J connectivity index is 0.000000445. The molecule has 14 heteroatoms. The van der Waals surface area contributed by atoms with E-state index < -0.39 is 36.0 Å². The second-order valence-corrected chi connectivity index (χ2v) is 5.38. The van der Waals surface area contributed by atoms with E-state index in [2.05, 4.69) is 20.3 Å². The summed E-state index contributed by atoms with van der Waals surface area (Å²) < 4.78 is 31.7. The van der Waals surface area contributed by atoms with Crippen LogP contribution in [0.3, 0.4) is 0 Å². The Morgan fingerprint density at radius 1 is 1.33 bits per heavy atom. The van der Waals surface area contributed by atoms with Crippen molar-refractivity contribution >= 4 is 41.9 Å². The first-order valence-corrected chi connectivity index (χ1v) is 7.16. The number of carbonyl (C=O) groups excluding carboxylic acids is 2. The van der Waals surface area contributed by atoms with Crippen LogP contribution in [0, 0.1) is 5.92 Å². The lowest BCUT2D eigenvalue weighted by Gasteiger charge is -2.21. The normalized spacial score (nSPS) is 19.9. The van der Waals surface area contributed by atoms with Gasteiger partial charge in [-0.15, -0.1) is 0 Å². The molecule has 0 aliphatic carbocycles. The van der Waals surface area contributed by atoms with Gasteiger partial charge in [-0.25, -0.2) is 4.79 Å². The molecule has 2 rings (SSSR count). The SMILES string of the molecule is CC(C)C(=O)N=C1N=C2C(N=CN2CC(=O)O)C(=O)N1.O=C(O)C(F)(F)F. The highest BCUT2D eigenvalue weighted by Gasteiger charge is 2.38. The van der Waals surface area contributed by atoms with E-state index in [1.54, 1.807) is 13.8 Å². The van der Waals surface area contributed by atoms with Crippen LogP contribution in [0.5, 0.6) is 0 Å². The van der Waals surface area contributed by atoms with Crippen molar-refractivity contribution < 1.29 is 42.6 Å². The average molecular weight is 393 g/mol. The number of aliphatic imine (C=N–C) groups is 3. The van der Waals surface area contributed by atoms with Gasteiger partial charge in [0, 0.05) is 5.92 Å². The summed E-state index contributed by atoms with van der Waals surface area (Å²) >= 11 is 0. The van der Waals surface area contributed by atoms with Crippen LogP contribution in [0.1, 0.15) is 13.8 Å². The number of amidine groups is 1. The smallest absolute Gasteiger partial charge is 0.480 e. The number of carboxylic acids is 2. The van der Waals surface area contributed by atoms with E-state index in [-0.39, 0.29) is 24.3 Å². The Kier molecular flexibility index (Phi) is 6.74. The highest BCUT2D eigenvalue weighted by molar-refractivity contribution is 6.24. The fourth-order valence-corrected chi connectivity index (χ4v) is 1.61. The summed E-state index contributed by atoms with van der Waals surface area (Å²) in [6, 6.07) is -0.887. The van der Waals surface area contributed by atoms with Crippen LogP contribution in [-0.2, 0) is 19.2 Å². The number of alkyl halides is 3. The number of carboxylic acid groups (broad SMARTS) is 2. The van der Waals surface area contributed by atoms with Crippen molar-refractivity contribution in [3.63, 3.8) is 0 Å². The summed E-state index contributed by atoms with van der Waals surface area (Å²) in [6.45, 7) is 2.97. The van der Waals surface area contributed by atoms with E-state index in [4.69, 9.17) is 15.0 Å². The van der Waals surface area contributed by atoms with Crippen LogP contribution >= 0.6 is 0 Å². The summed E-state index contributed by atoms with van der Waals surface area (Å²) in [4.78, 5) is 55.7. The van der Waals surface area contributed by atoms with Crippen LogP contribution in [0.2, 0.25) is 0 Å². The van der Waals surface area contributed by atoms with Crippen LogP contribution in [0.25, 0.3) is 0 Å². The standard InChI is InChI=1S/C11H13N5O4.C2HF3O2/c1-5(2)9(19)14-11-13-8-7(10(20)15-11)12-4-16(8)3-6(17)18;3-2(4,5)1(6)7/h4-5,7H,3H2,1-2H3,(H,17,18)(H,14,15,19,20);(H,6,7). The molecule has 2 heterocycles. The number of amides is 2. The number of rotatable bonds is 3. The maximum absolute atomic E-state index is 11.8. The second kappa shape index (κ2) is 8.37. The molecule has 2 amide bonds. The Morgan fingerprint density at radius 3 is 2.33 bits per heavy atom. The Bertz CT molecular complexity index is 743. The van der Waals surface area contributed by atoms with Gasteiger partial charge in [-0.05, 0) is 0 Å². The highest BCUT2D eigenvalue weighted by atomic mass is 19.4. The summed E-state index contributed by atoms with van der Waals surface area (Å²) in [7, 11) is 0. The number of hydrogen-bond donors (Lipinski definition) is 3. The van der Waals surface area contributed by atoms with Gasteiger partial charge in [-0.1, -0.05) is 13.8 Å². The molecule has 0 aromatic carbocycles. The fraction of sp³-hybridized carbons (Fsp3) is 0.462. The predicted octanol–water partition coefficient (Wildman–Crippen LogP) is -0.516. The first-order chi connectivity index (χ1) is 12.3. The first kappa shape index (κ1) is 21.7. The first-order valence-electron chi connectivity index (χ1n) is 7.16. The number of fused-ring (bicyclic) bond motifs is 1. The van der Waals surface area contributed by atoms with Crippen molar-refractivity contribution in [3.05, 3.63) is 0 Å². The van der Waals surface area contributed by atoms with E-state index in [1.807, 2.05) is 0 Å². The van der Waals surface area contributed by atoms with Crippen molar-refractivity contribution in [1.29, 1.82) is 0 Å². The molecule has 2 aliphatic heterocycles. The van der Waals surface area contributed by atoms with Gasteiger partial charge >= 0.3 is 18.1 Å². The van der Waals surface area contributed by atoms with E-state index in [0.717, 1.165) is 0 Å². The molecule has 0 fully saturated rings. The summed E-state index contributed by atoms with van der Waals surface area (Å²) in [6.07, 6.45) is -3.84. The average Bonchev–Trinajstić information content (AvgIpc) is 2.89. The zero-order valence-electron chi connectivity index (χ0n) is 13.9. The van der Waals surface area contributed by atoms with E-state index in [9.17, 15) is 27.6 Å². The van der Waals surface area contributed by atoms with Gasteiger partial charge in [0.25, 0.3) is 11.8 Å². The van der Waals surface area contributed by atoms with Gasteiger partial charge in [0.2, 0.25) is 5.96 Å². The van der Waals surface area contributed by atoms with Crippen LogP contribution in [0.4, 0.5) is 13.2 Å². The minimum absolute atomic E-state index is 0.138. The number of guanidine groups is 1. The second-order valence-electron chi connectivity index (χ2n) is 5.38. The van der Waals surface area contributed by atoms with Gasteiger partial charge in [-0.3, -0.25) is 24.7 Å². The lowest BCUT2D eigenvalue weighted by atomic mass is 10.2.